The SMILES string of the molecule is Cc1cc(-c2cc(C(F)(F)F)c3[nH]c(C(=O)NCc4cocn4)cc(=O)c3c2)c[nH]1. The van der Waals surface area contributed by atoms with Gasteiger partial charge in [-0.2, -0.15) is 13.2 Å². The third-order valence-electron chi connectivity index (χ3n) is 4.56. The molecule has 0 aliphatic rings. The van der Waals surface area contributed by atoms with Crippen LogP contribution >= 0.6 is 0 Å². The number of oxazole rings is 1. The van der Waals surface area contributed by atoms with Gasteiger partial charge in [-0.25, -0.2) is 4.98 Å². The Morgan fingerprint density at radius 1 is 1.20 bits per heavy atom. The van der Waals surface area contributed by atoms with Crippen LogP contribution in [-0.2, 0) is 12.7 Å². The number of carbonyl (C=O) groups excluding carboxylic acids is 1. The van der Waals surface area contributed by atoms with Gasteiger partial charge >= 0.3 is 6.18 Å². The summed E-state index contributed by atoms with van der Waals surface area (Å²) in [7, 11) is 0. The number of carbonyl (C=O) groups is 1. The maximum absolute atomic E-state index is 13.8. The molecule has 3 N–H and O–H groups in total. The van der Waals surface area contributed by atoms with Crippen molar-refractivity contribution in [1.29, 1.82) is 0 Å². The molecule has 0 saturated heterocycles. The lowest BCUT2D eigenvalue weighted by molar-refractivity contribution is -0.136. The molecule has 4 rings (SSSR count). The monoisotopic (exact) mass is 416 g/mol. The van der Waals surface area contributed by atoms with Crippen LogP contribution in [0.3, 0.4) is 0 Å². The fourth-order valence-electron chi connectivity index (χ4n) is 3.13. The van der Waals surface area contributed by atoms with Gasteiger partial charge in [0.2, 0.25) is 0 Å². The van der Waals surface area contributed by atoms with Gasteiger partial charge in [-0.15, -0.1) is 0 Å². The molecule has 0 saturated carbocycles. The number of aryl methyl sites for hydroxylation is 1. The van der Waals surface area contributed by atoms with Gasteiger partial charge in [-0.3, -0.25) is 9.59 Å². The van der Waals surface area contributed by atoms with E-state index in [2.05, 4.69) is 20.3 Å². The molecule has 0 fully saturated rings. The van der Waals surface area contributed by atoms with Crippen molar-refractivity contribution in [2.45, 2.75) is 19.6 Å². The predicted molar refractivity (Wildman–Crippen MR) is 102 cm³/mol. The number of halogens is 3. The molecular formula is C20H15F3N4O3. The standard InChI is InChI=1S/C20H15F3N4O3/c1-10-2-12(6-24-10)11-3-14-17(28)5-16(19(29)25-7-13-8-30-9-26-13)27-18(14)15(4-11)20(21,22)23/h2-6,8-9,24H,7H2,1H3,(H,25,29)(H,27,28). The molecule has 4 aromatic rings. The summed E-state index contributed by atoms with van der Waals surface area (Å²) in [6.45, 7) is 1.76. The first kappa shape index (κ1) is 19.5. The van der Waals surface area contributed by atoms with E-state index >= 15 is 0 Å². The van der Waals surface area contributed by atoms with E-state index in [1.54, 1.807) is 19.2 Å². The highest BCUT2D eigenvalue weighted by atomic mass is 19.4. The quantitative estimate of drug-likeness (QED) is 0.471. The minimum Gasteiger partial charge on any atom is -0.451 e. The Morgan fingerprint density at radius 3 is 2.63 bits per heavy atom. The average Bonchev–Trinajstić information content (AvgIpc) is 3.36. The molecule has 0 unspecified atom stereocenters. The number of H-pyrrole nitrogens is 2. The molecule has 0 spiro atoms. The van der Waals surface area contributed by atoms with Crippen molar-refractivity contribution < 1.29 is 22.4 Å². The lowest BCUT2D eigenvalue weighted by Crippen LogP contribution is -2.25. The fraction of sp³-hybridized carbons (Fsp3) is 0.150. The first-order valence-corrected chi connectivity index (χ1v) is 8.81. The lowest BCUT2D eigenvalue weighted by atomic mass is 10.00. The van der Waals surface area contributed by atoms with Crippen LogP contribution in [-0.4, -0.2) is 20.9 Å². The van der Waals surface area contributed by atoms with Crippen molar-refractivity contribution >= 4 is 16.8 Å². The number of aromatic nitrogens is 3. The van der Waals surface area contributed by atoms with Gasteiger partial charge in [0.1, 0.15) is 12.0 Å². The highest BCUT2D eigenvalue weighted by Gasteiger charge is 2.34. The normalized spacial score (nSPS) is 11.7. The molecule has 0 aliphatic heterocycles. The van der Waals surface area contributed by atoms with E-state index in [4.69, 9.17) is 4.42 Å². The summed E-state index contributed by atoms with van der Waals surface area (Å²) in [5, 5.41) is 2.31. The van der Waals surface area contributed by atoms with Gasteiger partial charge in [-0.1, -0.05) is 0 Å². The minimum atomic E-state index is -4.74. The Morgan fingerprint density at radius 2 is 2.00 bits per heavy atom. The number of nitrogens with zero attached hydrogens (tertiary/aromatic N) is 1. The molecule has 7 nitrogen and oxygen atoms in total. The Bertz CT molecular complexity index is 1290. The van der Waals surface area contributed by atoms with Crippen LogP contribution in [0.1, 0.15) is 27.4 Å². The predicted octanol–water partition coefficient (Wildman–Crippen LogP) is 3.77. The van der Waals surface area contributed by atoms with Crippen LogP contribution in [0.25, 0.3) is 22.0 Å². The second-order valence-corrected chi connectivity index (χ2v) is 6.73. The van der Waals surface area contributed by atoms with Crippen molar-refractivity contribution in [3.8, 4) is 11.1 Å². The first-order chi connectivity index (χ1) is 14.2. The first-order valence-electron chi connectivity index (χ1n) is 8.81. The van der Waals surface area contributed by atoms with Crippen LogP contribution in [0, 0.1) is 6.92 Å². The van der Waals surface area contributed by atoms with Crippen molar-refractivity contribution in [3.63, 3.8) is 0 Å². The second-order valence-electron chi connectivity index (χ2n) is 6.73. The van der Waals surface area contributed by atoms with Gasteiger partial charge < -0.3 is 19.7 Å². The number of benzene rings is 1. The molecule has 1 aromatic carbocycles. The molecule has 0 radical (unpaired) electrons. The van der Waals surface area contributed by atoms with Crippen molar-refractivity contribution in [2.75, 3.05) is 0 Å². The number of amides is 1. The Balaban J connectivity index is 1.81. The lowest BCUT2D eigenvalue weighted by Gasteiger charge is -2.14. The summed E-state index contributed by atoms with van der Waals surface area (Å²) in [6.07, 6.45) is -0.678. The minimum absolute atomic E-state index is 0.00664. The van der Waals surface area contributed by atoms with Gasteiger partial charge in [0, 0.05) is 23.3 Å². The van der Waals surface area contributed by atoms with E-state index in [0.29, 0.717) is 11.3 Å². The highest BCUT2D eigenvalue weighted by molar-refractivity contribution is 5.96. The zero-order valence-electron chi connectivity index (χ0n) is 15.6. The zero-order chi connectivity index (χ0) is 21.5. The number of fused-ring (bicyclic) bond motifs is 1. The summed E-state index contributed by atoms with van der Waals surface area (Å²) in [6, 6.07) is 5.00. The number of alkyl halides is 3. The van der Waals surface area contributed by atoms with E-state index in [0.717, 1.165) is 17.8 Å². The van der Waals surface area contributed by atoms with E-state index in [-0.39, 0.29) is 23.2 Å². The van der Waals surface area contributed by atoms with Gasteiger partial charge in [-0.05, 0) is 36.2 Å². The Labute approximate surface area is 166 Å². The van der Waals surface area contributed by atoms with Gasteiger partial charge in [0.05, 0.1) is 23.3 Å². The van der Waals surface area contributed by atoms with Crippen LogP contribution in [0.5, 0.6) is 0 Å². The topological polar surface area (TPSA) is 104 Å². The molecule has 0 aliphatic carbocycles. The maximum Gasteiger partial charge on any atom is 0.418 e. The van der Waals surface area contributed by atoms with E-state index in [1.807, 2.05) is 0 Å². The molecule has 10 heteroatoms. The Hall–Kier alpha value is -3.82. The zero-order valence-corrected chi connectivity index (χ0v) is 15.6. The molecule has 3 heterocycles. The average molecular weight is 416 g/mol. The molecule has 0 bridgehead atoms. The van der Waals surface area contributed by atoms with Crippen LogP contribution in [0.15, 0.2) is 52.3 Å². The van der Waals surface area contributed by atoms with E-state index < -0.39 is 28.6 Å². The largest absolute Gasteiger partial charge is 0.451 e. The Kier molecular flexibility index (Phi) is 4.69. The van der Waals surface area contributed by atoms with Crippen LogP contribution < -0.4 is 10.7 Å². The molecule has 154 valence electrons. The van der Waals surface area contributed by atoms with Crippen molar-refractivity contribution in [1.82, 2.24) is 20.3 Å². The number of nitrogens with one attached hydrogen (secondary N) is 3. The highest BCUT2D eigenvalue weighted by Crippen LogP contribution is 2.36. The number of pyridine rings is 1. The summed E-state index contributed by atoms with van der Waals surface area (Å²) >= 11 is 0. The number of aromatic amines is 2. The van der Waals surface area contributed by atoms with Crippen LogP contribution in [0.2, 0.25) is 0 Å². The second kappa shape index (κ2) is 7.21. The molecule has 30 heavy (non-hydrogen) atoms. The van der Waals surface area contributed by atoms with E-state index in [9.17, 15) is 22.8 Å². The summed E-state index contributed by atoms with van der Waals surface area (Å²) in [5.74, 6) is -0.740. The number of hydrogen-bond acceptors (Lipinski definition) is 4. The third kappa shape index (κ3) is 3.71. The third-order valence-corrected chi connectivity index (χ3v) is 4.56. The van der Waals surface area contributed by atoms with Crippen LogP contribution in [0.4, 0.5) is 13.2 Å². The molecule has 0 atom stereocenters. The molecule has 3 aromatic heterocycles. The smallest absolute Gasteiger partial charge is 0.418 e. The van der Waals surface area contributed by atoms with Crippen molar-refractivity contribution in [3.05, 3.63) is 76.0 Å². The number of hydrogen-bond donors (Lipinski definition) is 3. The summed E-state index contributed by atoms with van der Waals surface area (Å²) < 4.78 is 46.1. The molecule has 1 amide bonds. The summed E-state index contributed by atoms with van der Waals surface area (Å²) in [4.78, 5) is 34.2. The van der Waals surface area contributed by atoms with Crippen molar-refractivity contribution in [2.24, 2.45) is 0 Å². The fourth-order valence-corrected chi connectivity index (χ4v) is 3.13. The molecular weight excluding hydrogens is 401 g/mol. The summed E-state index contributed by atoms with van der Waals surface area (Å²) in [5.41, 5.74) is -0.501. The van der Waals surface area contributed by atoms with Gasteiger partial charge in [0.15, 0.2) is 11.8 Å². The van der Waals surface area contributed by atoms with Gasteiger partial charge in [0.25, 0.3) is 5.91 Å². The van der Waals surface area contributed by atoms with E-state index in [1.165, 1.54) is 18.7 Å². The number of rotatable bonds is 4. The maximum atomic E-state index is 13.8.